The zero-order valence-electron chi connectivity index (χ0n) is 18.7. The quantitative estimate of drug-likeness (QED) is 0.634. The molecule has 1 heterocycles. The van der Waals surface area contributed by atoms with Crippen molar-refractivity contribution in [2.75, 3.05) is 7.11 Å². The van der Waals surface area contributed by atoms with Crippen LogP contribution in [0.1, 0.15) is 40.7 Å². The Kier molecular flexibility index (Phi) is 6.81. The van der Waals surface area contributed by atoms with Gasteiger partial charge in [-0.05, 0) is 68.1 Å². The highest BCUT2D eigenvalue weighted by molar-refractivity contribution is 6.30. The predicted molar refractivity (Wildman–Crippen MR) is 122 cm³/mol. The van der Waals surface area contributed by atoms with E-state index >= 15 is 0 Å². The summed E-state index contributed by atoms with van der Waals surface area (Å²) in [5.74, 6) is -0.233. The predicted octanol–water partition coefficient (Wildman–Crippen LogP) is 5.10. The lowest BCUT2D eigenvalue weighted by Gasteiger charge is -2.28. The smallest absolute Gasteiger partial charge is 0.338 e. The Morgan fingerprint density at radius 2 is 1.94 bits per heavy atom. The van der Waals surface area contributed by atoms with Gasteiger partial charge in [-0.2, -0.15) is 5.26 Å². The minimum absolute atomic E-state index is 0.0156. The number of esters is 1. The van der Waals surface area contributed by atoms with Crippen molar-refractivity contribution in [3.63, 3.8) is 0 Å². The number of aryl methyl sites for hydroxylation is 2. The zero-order chi connectivity index (χ0) is 23.6. The second kappa shape index (κ2) is 9.37. The average Bonchev–Trinajstić information content (AvgIpc) is 2.74. The molecule has 0 bridgehead atoms. The summed E-state index contributed by atoms with van der Waals surface area (Å²) in [5, 5.41) is 10.5. The molecule has 1 atom stereocenters. The zero-order valence-corrected chi connectivity index (χ0v) is 19.5. The summed E-state index contributed by atoms with van der Waals surface area (Å²) < 4.78 is 16.5. The van der Waals surface area contributed by atoms with Gasteiger partial charge in [0.15, 0.2) is 0 Å². The number of carbonyl (C=O) groups excluding carboxylic acids is 1. The van der Waals surface area contributed by atoms with Crippen molar-refractivity contribution in [1.29, 1.82) is 5.26 Å². The molecule has 0 saturated heterocycles. The van der Waals surface area contributed by atoms with Crippen molar-refractivity contribution in [1.82, 2.24) is 0 Å². The number of carbonyl (C=O) groups is 1. The van der Waals surface area contributed by atoms with Crippen LogP contribution >= 0.6 is 11.6 Å². The van der Waals surface area contributed by atoms with Gasteiger partial charge in [0.1, 0.15) is 29.8 Å². The Bertz CT molecular complexity index is 1190. The summed E-state index contributed by atoms with van der Waals surface area (Å²) >= 11 is 6.04. The molecular formula is C25H25ClN2O4. The van der Waals surface area contributed by atoms with Crippen molar-refractivity contribution < 1.29 is 19.0 Å². The number of nitrogens with zero attached hydrogens (tertiary/aromatic N) is 1. The van der Waals surface area contributed by atoms with Crippen molar-refractivity contribution in [2.24, 2.45) is 5.73 Å². The van der Waals surface area contributed by atoms with Crippen LogP contribution in [0.3, 0.4) is 0 Å². The van der Waals surface area contributed by atoms with Gasteiger partial charge in [0, 0.05) is 5.02 Å². The molecule has 2 aromatic carbocycles. The normalized spacial score (nSPS) is 15.8. The minimum Gasteiger partial charge on any atom is -0.489 e. The summed E-state index contributed by atoms with van der Waals surface area (Å²) in [6, 6.07) is 11.5. The third-order valence-corrected chi connectivity index (χ3v) is 5.78. The van der Waals surface area contributed by atoms with Gasteiger partial charge in [-0.15, -0.1) is 0 Å². The molecule has 0 amide bonds. The number of allylic oxidation sites excluding steroid dienone is 2. The third kappa shape index (κ3) is 4.44. The van der Waals surface area contributed by atoms with Crippen molar-refractivity contribution in [2.45, 2.75) is 40.2 Å². The number of ether oxygens (including phenoxy) is 3. The lowest BCUT2D eigenvalue weighted by atomic mass is 9.79. The number of rotatable bonds is 5. The fourth-order valence-corrected chi connectivity index (χ4v) is 4.14. The van der Waals surface area contributed by atoms with E-state index in [1.54, 1.807) is 13.0 Å². The molecule has 7 heteroatoms. The lowest BCUT2D eigenvalue weighted by molar-refractivity contribution is -0.136. The van der Waals surface area contributed by atoms with Gasteiger partial charge >= 0.3 is 5.97 Å². The molecule has 32 heavy (non-hydrogen) atoms. The van der Waals surface area contributed by atoms with E-state index in [0.29, 0.717) is 17.4 Å². The molecule has 0 spiro atoms. The fraction of sp³-hybridized carbons (Fsp3) is 0.280. The van der Waals surface area contributed by atoms with E-state index in [-0.39, 0.29) is 17.0 Å². The number of nitrogens with two attached hydrogens (primary N) is 1. The van der Waals surface area contributed by atoms with Gasteiger partial charge in [0.05, 0.1) is 18.6 Å². The Balaban J connectivity index is 2.08. The molecule has 2 N–H and O–H groups in total. The number of hydrogen-bond donors (Lipinski definition) is 1. The van der Waals surface area contributed by atoms with Gasteiger partial charge in [-0.1, -0.05) is 29.3 Å². The molecular weight excluding hydrogens is 428 g/mol. The molecule has 1 aliphatic rings. The first-order chi connectivity index (χ1) is 15.2. The van der Waals surface area contributed by atoms with E-state index in [2.05, 4.69) is 6.07 Å². The molecule has 2 aromatic rings. The molecule has 0 aromatic heterocycles. The maximum Gasteiger partial charge on any atom is 0.338 e. The summed E-state index contributed by atoms with van der Waals surface area (Å²) in [7, 11) is 1.30. The fourth-order valence-electron chi connectivity index (χ4n) is 3.91. The molecule has 0 radical (unpaired) electrons. The van der Waals surface area contributed by atoms with Crippen LogP contribution in [0.25, 0.3) is 0 Å². The van der Waals surface area contributed by atoms with Gasteiger partial charge in [-0.3, -0.25) is 0 Å². The van der Waals surface area contributed by atoms with Crippen LogP contribution < -0.4 is 10.5 Å². The van der Waals surface area contributed by atoms with E-state index in [1.165, 1.54) is 7.11 Å². The van der Waals surface area contributed by atoms with Crippen molar-refractivity contribution in [3.8, 4) is 11.8 Å². The lowest BCUT2D eigenvalue weighted by Crippen LogP contribution is -2.25. The van der Waals surface area contributed by atoms with Gasteiger partial charge in [0.25, 0.3) is 0 Å². The second-order valence-electron chi connectivity index (χ2n) is 7.72. The van der Waals surface area contributed by atoms with Gasteiger partial charge in [0.2, 0.25) is 5.88 Å². The number of nitriles is 1. The van der Waals surface area contributed by atoms with Crippen LogP contribution in [0, 0.1) is 32.1 Å². The van der Waals surface area contributed by atoms with Gasteiger partial charge < -0.3 is 19.9 Å². The van der Waals surface area contributed by atoms with E-state index in [1.807, 2.05) is 45.0 Å². The summed E-state index contributed by atoms with van der Waals surface area (Å²) in [6.07, 6.45) is 0. The highest BCUT2D eigenvalue weighted by Gasteiger charge is 2.37. The van der Waals surface area contributed by atoms with E-state index in [4.69, 9.17) is 31.5 Å². The van der Waals surface area contributed by atoms with Gasteiger partial charge in [-0.25, -0.2) is 4.79 Å². The van der Waals surface area contributed by atoms with Crippen LogP contribution in [-0.4, -0.2) is 13.1 Å². The molecule has 0 unspecified atom stereocenters. The topological polar surface area (TPSA) is 94.6 Å². The Labute approximate surface area is 192 Å². The monoisotopic (exact) mass is 452 g/mol. The number of halogens is 1. The summed E-state index contributed by atoms with van der Waals surface area (Å²) in [6.45, 7) is 7.77. The number of benzene rings is 2. The molecule has 0 aliphatic carbocycles. The molecule has 166 valence electrons. The largest absolute Gasteiger partial charge is 0.489 e. The van der Waals surface area contributed by atoms with Crippen LogP contribution in [0.15, 0.2) is 53.1 Å². The summed E-state index contributed by atoms with van der Waals surface area (Å²) in [5.41, 5.74) is 10.9. The van der Waals surface area contributed by atoms with E-state index in [9.17, 15) is 10.1 Å². The minimum atomic E-state index is -0.697. The van der Waals surface area contributed by atoms with Crippen LogP contribution in [0.4, 0.5) is 0 Å². The number of methoxy groups -OCH3 is 1. The maximum absolute atomic E-state index is 12.6. The molecule has 6 nitrogen and oxygen atoms in total. The standard InChI is InChI=1S/C25H25ClN2O4/c1-13-8-17(12-31-21-7-6-18(26)10-14(21)2)15(3)19(9-13)23-20(11-27)24(28)32-16(4)22(23)25(29)30-5/h6-10,23H,12,28H2,1-5H3/t23-/m1/s1. The summed E-state index contributed by atoms with van der Waals surface area (Å²) in [4.78, 5) is 12.6. The van der Waals surface area contributed by atoms with E-state index in [0.717, 1.165) is 33.6 Å². The van der Waals surface area contributed by atoms with Crippen molar-refractivity contribution in [3.05, 3.63) is 86.0 Å². The molecule has 0 fully saturated rings. The first-order valence-electron chi connectivity index (χ1n) is 10.0. The highest BCUT2D eigenvalue weighted by Crippen LogP contribution is 2.41. The van der Waals surface area contributed by atoms with E-state index < -0.39 is 11.9 Å². The maximum atomic E-state index is 12.6. The highest BCUT2D eigenvalue weighted by atomic mass is 35.5. The van der Waals surface area contributed by atoms with Crippen LogP contribution in [0.5, 0.6) is 5.75 Å². The van der Waals surface area contributed by atoms with Crippen LogP contribution in [0.2, 0.25) is 5.02 Å². The van der Waals surface area contributed by atoms with Crippen LogP contribution in [-0.2, 0) is 20.9 Å². The second-order valence-corrected chi connectivity index (χ2v) is 8.16. The third-order valence-electron chi connectivity index (χ3n) is 5.54. The molecule has 0 saturated carbocycles. The molecule has 1 aliphatic heterocycles. The Morgan fingerprint density at radius 3 is 2.56 bits per heavy atom. The Morgan fingerprint density at radius 1 is 1.22 bits per heavy atom. The number of hydrogen-bond acceptors (Lipinski definition) is 6. The molecule has 3 rings (SSSR count). The average molecular weight is 453 g/mol. The SMILES string of the molecule is COC(=O)C1=C(C)OC(N)=C(C#N)[C@H]1c1cc(C)cc(COc2ccc(Cl)cc2C)c1C. The first kappa shape index (κ1) is 23.2. The van der Waals surface area contributed by atoms with Crippen molar-refractivity contribution >= 4 is 17.6 Å². The Hall–Kier alpha value is -3.43. The first-order valence-corrected chi connectivity index (χ1v) is 10.4.